The molecule has 0 aromatic heterocycles. The van der Waals surface area contributed by atoms with Crippen LogP contribution < -0.4 is 4.35 Å². The second kappa shape index (κ2) is 3.60. The number of hydrogen-bond donors (Lipinski definition) is 1. The van der Waals surface area contributed by atoms with E-state index in [-0.39, 0.29) is 0 Å². The second-order valence-electron chi connectivity index (χ2n) is 1.63. The summed E-state index contributed by atoms with van der Waals surface area (Å²) in [7, 11) is 1.51. The van der Waals surface area contributed by atoms with E-state index < -0.39 is 0 Å². The van der Waals surface area contributed by atoms with Crippen LogP contribution in [-0.2, 0) is 0 Å². The zero-order valence-electron chi connectivity index (χ0n) is 4.74. The predicted octanol–water partition coefficient (Wildman–Crippen LogP) is 0.882. The van der Waals surface area contributed by atoms with E-state index in [1.165, 1.54) is 20.0 Å². The van der Waals surface area contributed by atoms with Gasteiger partial charge in [-0.15, -0.1) is 0 Å². The number of thiol groups is 1. The van der Waals surface area contributed by atoms with E-state index >= 15 is 0 Å². The van der Waals surface area contributed by atoms with Crippen molar-refractivity contribution in [2.45, 2.75) is 4.90 Å². The molecule has 0 aliphatic heterocycles. The quantitative estimate of drug-likeness (QED) is 0.415. The molecule has 0 nitrogen and oxygen atoms in total. The van der Waals surface area contributed by atoms with Gasteiger partial charge in [0.15, 0.2) is 0 Å². The molecule has 0 spiro atoms. The molecule has 1 aromatic rings. The van der Waals surface area contributed by atoms with Gasteiger partial charge >= 0.3 is 72.8 Å². The van der Waals surface area contributed by atoms with Crippen molar-refractivity contribution in [3.63, 3.8) is 0 Å². The van der Waals surface area contributed by atoms with E-state index in [1.54, 1.807) is 16.9 Å². The van der Waals surface area contributed by atoms with Gasteiger partial charge in [0.1, 0.15) is 0 Å². The summed E-state index contributed by atoms with van der Waals surface area (Å²) in [4.78, 5) is 1.26. The second-order valence-corrected chi connectivity index (χ2v) is 4.10. The molecule has 1 atom stereocenters. The molecule has 0 fully saturated rings. The van der Waals surface area contributed by atoms with Crippen molar-refractivity contribution in [3.05, 3.63) is 24.3 Å². The number of benzene rings is 1. The molecule has 0 bridgehead atoms. The molecule has 48 valence electrons. The first-order valence-corrected chi connectivity index (χ1v) is 5.58. The van der Waals surface area contributed by atoms with Gasteiger partial charge in [-0.2, -0.15) is 0 Å². The molecule has 1 aromatic carbocycles. The third-order valence-corrected chi connectivity index (χ3v) is 3.67. The first-order chi connectivity index (χ1) is 4.34. The molecule has 0 heterocycles. The van der Waals surface area contributed by atoms with Crippen molar-refractivity contribution >= 4 is 43.7 Å². The number of hydrogen-bond acceptors (Lipinski definition) is 2. The Hall–Kier alpha value is 0.478. The van der Waals surface area contributed by atoms with Crippen molar-refractivity contribution < 1.29 is 0 Å². The maximum atomic E-state index is 4.11. The molecule has 0 N–H and O–H groups in total. The summed E-state index contributed by atoms with van der Waals surface area (Å²) in [5, 5.41) is 0. The molecule has 0 amide bonds. The van der Waals surface area contributed by atoms with E-state index in [4.69, 9.17) is 0 Å². The van der Waals surface area contributed by atoms with Crippen LogP contribution in [0, 0.1) is 0 Å². The Morgan fingerprint density at radius 1 is 1.33 bits per heavy atom. The van der Waals surface area contributed by atoms with Crippen molar-refractivity contribution in [2.75, 3.05) is 0 Å². The van der Waals surface area contributed by atoms with Crippen LogP contribution in [0.3, 0.4) is 0 Å². The molecule has 9 heavy (non-hydrogen) atoms. The minimum atomic E-state index is 1.26. The topological polar surface area (TPSA) is 0 Å². The van der Waals surface area contributed by atoms with Crippen molar-refractivity contribution in [1.82, 2.24) is 0 Å². The fourth-order valence-electron chi connectivity index (χ4n) is 0.564. The van der Waals surface area contributed by atoms with Crippen LogP contribution in [0.1, 0.15) is 0 Å². The Morgan fingerprint density at radius 2 is 2.00 bits per heavy atom. The summed E-state index contributed by atoms with van der Waals surface area (Å²) in [5.41, 5.74) is 0. The first-order valence-electron chi connectivity index (χ1n) is 2.50. The third-order valence-electron chi connectivity index (χ3n) is 1.02. The molecule has 1 rings (SSSR count). The fraction of sp³-hybridized carbons (Fsp3) is 0. The van der Waals surface area contributed by atoms with Gasteiger partial charge < -0.3 is 0 Å². The van der Waals surface area contributed by atoms with E-state index in [1.807, 2.05) is 12.1 Å². The molecule has 0 aliphatic carbocycles. The average Bonchev–Trinajstić information content (AvgIpc) is 1.89. The van der Waals surface area contributed by atoms with E-state index in [2.05, 4.69) is 23.8 Å². The Labute approximate surface area is 72.7 Å². The van der Waals surface area contributed by atoms with Gasteiger partial charge in [0.05, 0.1) is 0 Å². The zero-order valence-corrected chi connectivity index (χ0v) is 8.88. The van der Waals surface area contributed by atoms with Gasteiger partial charge in [0.2, 0.25) is 0 Å². The van der Waals surface area contributed by atoms with Gasteiger partial charge in [0.25, 0.3) is 0 Å². The summed E-state index contributed by atoms with van der Waals surface area (Å²) in [6, 6.07) is 8.26. The molecule has 0 aliphatic rings. The van der Waals surface area contributed by atoms with Crippen molar-refractivity contribution in [3.8, 4) is 0 Å². The Kier molecular flexibility index (Phi) is 3.03. The minimum absolute atomic E-state index is 1.26. The monoisotopic (exact) mass is 218 g/mol. The standard InChI is InChI=1S/C6H7AsS2/c7-5-3-1-2-4-6(5)9-8/h1-4,8H,7H2. The maximum absolute atomic E-state index is 4.11. The SMILES string of the molecule is SSc1ccccc1[AsH2]. The normalized spacial score (nSPS) is 9.56. The van der Waals surface area contributed by atoms with Gasteiger partial charge in [-0.1, -0.05) is 0 Å². The zero-order chi connectivity index (χ0) is 6.69. The van der Waals surface area contributed by atoms with Gasteiger partial charge in [-0.3, -0.25) is 0 Å². The van der Waals surface area contributed by atoms with Gasteiger partial charge in [0, 0.05) is 0 Å². The van der Waals surface area contributed by atoms with Crippen molar-refractivity contribution in [2.24, 2.45) is 0 Å². The first kappa shape index (κ1) is 7.58. The van der Waals surface area contributed by atoms with E-state index in [0.29, 0.717) is 0 Å². The summed E-state index contributed by atoms with van der Waals surface area (Å²) in [6.07, 6.45) is 0. The Bertz CT molecular complexity index is 200. The molecule has 0 saturated heterocycles. The van der Waals surface area contributed by atoms with Crippen LogP contribution in [0.4, 0.5) is 0 Å². The van der Waals surface area contributed by atoms with Crippen LogP contribution in [0.2, 0.25) is 0 Å². The Balaban J connectivity index is 3.01. The van der Waals surface area contributed by atoms with Crippen molar-refractivity contribution in [1.29, 1.82) is 0 Å². The summed E-state index contributed by atoms with van der Waals surface area (Å²) in [5.74, 6) is 0. The average molecular weight is 218 g/mol. The third kappa shape index (κ3) is 1.96. The van der Waals surface area contributed by atoms with E-state index in [9.17, 15) is 0 Å². The molecular formula is C6H7AsS2. The van der Waals surface area contributed by atoms with Gasteiger partial charge in [-0.25, -0.2) is 0 Å². The van der Waals surface area contributed by atoms with Crippen LogP contribution in [0.15, 0.2) is 29.2 Å². The molecule has 1 unspecified atom stereocenters. The van der Waals surface area contributed by atoms with Crippen LogP contribution in [0.5, 0.6) is 0 Å². The summed E-state index contributed by atoms with van der Waals surface area (Å²) >= 11 is 5.75. The Morgan fingerprint density at radius 3 is 2.44 bits per heavy atom. The van der Waals surface area contributed by atoms with Gasteiger partial charge in [-0.05, 0) is 0 Å². The van der Waals surface area contributed by atoms with Crippen LogP contribution in [-0.4, -0.2) is 16.9 Å². The summed E-state index contributed by atoms with van der Waals surface area (Å²) < 4.78 is 1.35. The molecule has 0 saturated carbocycles. The van der Waals surface area contributed by atoms with Crippen LogP contribution in [0.25, 0.3) is 0 Å². The molecule has 0 radical (unpaired) electrons. The molecule has 3 heteroatoms. The van der Waals surface area contributed by atoms with Crippen LogP contribution >= 0.6 is 22.5 Å². The fourth-order valence-corrected chi connectivity index (χ4v) is 2.81. The predicted molar refractivity (Wildman–Crippen MR) is 49.5 cm³/mol. The molecular weight excluding hydrogens is 211 g/mol. The van der Waals surface area contributed by atoms with E-state index in [0.717, 1.165) is 0 Å². The number of rotatable bonds is 1. The summed E-state index contributed by atoms with van der Waals surface area (Å²) in [6.45, 7) is 0.